The summed E-state index contributed by atoms with van der Waals surface area (Å²) in [4.78, 5) is 37.7. The van der Waals surface area contributed by atoms with E-state index in [4.69, 9.17) is 13.9 Å². The first-order valence-corrected chi connectivity index (χ1v) is 9.97. The number of nitrogens with one attached hydrogen (secondary N) is 1. The van der Waals surface area contributed by atoms with E-state index in [0.717, 1.165) is 10.8 Å². The normalized spacial score (nSPS) is 11.8. The van der Waals surface area contributed by atoms with Crippen LogP contribution in [-0.2, 0) is 16.0 Å². The van der Waals surface area contributed by atoms with Crippen molar-refractivity contribution in [3.05, 3.63) is 88.3 Å². The highest BCUT2D eigenvalue weighted by molar-refractivity contribution is 6.08. The van der Waals surface area contributed by atoms with E-state index < -0.39 is 23.5 Å². The molecule has 32 heavy (non-hydrogen) atoms. The summed E-state index contributed by atoms with van der Waals surface area (Å²) in [6.45, 7) is 0. The molecule has 0 radical (unpaired) electrons. The Bertz CT molecular complexity index is 1370. The maximum absolute atomic E-state index is 13.1. The van der Waals surface area contributed by atoms with Gasteiger partial charge in [0.15, 0.2) is 0 Å². The second kappa shape index (κ2) is 8.93. The first kappa shape index (κ1) is 21.1. The molecular formula is C25H21NO6. The lowest BCUT2D eigenvalue weighted by molar-refractivity contribution is -0.142. The van der Waals surface area contributed by atoms with Crippen LogP contribution in [0.15, 0.2) is 75.9 Å². The van der Waals surface area contributed by atoms with Crippen LogP contribution in [0.3, 0.4) is 0 Å². The smallest absolute Gasteiger partial charge is 0.336 e. The SMILES string of the molecule is COC(=O)[C@H](Cc1cc(=O)oc2cc(OC)ccc12)NC(=O)c1cccc2ccccc12. The molecule has 1 atom stereocenters. The van der Waals surface area contributed by atoms with Gasteiger partial charge in [0.05, 0.1) is 14.2 Å². The molecule has 0 spiro atoms. The van der Waals surface area contributed by atoms with E-state index in [2.05, 4.69) is 5.32 Å². The van der Waals surface area contributed by atoms with Crippen molar-refractivity contribution in [3.63, 3.8) is 0 Å². The predicted molar refractivity (Wildman–Crippen MR) is 120 cm³/mol. The van der Waals surface area contributed by atoms with Crippen LogP contribution in [0.2, 0.25) is 0 Å². The number of carbonyl (C=O) groups is 2. The van der Waals surface area contributed by atoms with Gasteiger partial charge in [-0.3, -0.25) is 4.79 Å². The standard InChI is InChI=1S/C25H21NO6/c1-30-17-10-11-19-16(13-23(27)32-22(19)14-17)12-21(25(29)31-2)26-24(28)20-9-5-7-15-6-3-4-8-18(15)20/h3-11,13-14,21H,12H2,1-2H3,(H,26,28)/t21-/m0/s1. The van der Waals surface area contributed by atoms with E-state index in [0.29, 0.717) is 27.8 Å². The number of amides is 1. The van der Waals surface area contributed by atoms with Crippen LogP contribution in [0.1, 0.15) is 15.9 Å². The molecule has 4 aromatic rings. The molecular weight excluding hydrogens is 410 g/mol. The number of carbonyl (C=O) groups excluding carboxylic acids is 2. The molecule has 1 amide bonds. The molecule has 7 nitrogen and oxygen atoms in total. The number of ether oxygens (including phenoxy) is 2. The van der Waals surface area contributed by atoms with Gasteiger partial charge in [-0.05, 0) is 34.5 Å². The van der Waals surface area contributed by atoms with Crippen LogP contribution < -0.4 is 15.7 Å². The van der Waals surface area contributed by atoms with Gasteiger partial charge in [-0.15, -0.1) is 0 Å². The van der Waals surface area contributed by atoms with Crippen LogP contribution >= 0.6 is 0 Å². The number of methoxy groups -OCH3 is 2. The van der Waals surface area contributed by atoms with Crippen molar-refractivity contribution in [3.8, 4) is 5.75 Å². The van der Waals surface area contributed by atoms with E-state index in [9.17, 15) is 14.4 Å². The largest absolute Gasteiger partial charge is 0.497 e. The average Bonchev–Trinajstić information content (AvgIpc) is 2.82. The summed E-state index contributed by atoms with van der Waals surface area (Å²) in [5.74, 6) is -0.494. The van der Waals surface area contributed by atoms with Gasteiger partial charge >= 0.3 is 11.6 Å². The average molecular weight is 431 g/mol. The highest BCUT2D eigenvalue weighted by Gasteiger charge is 2.25. The molecule has 0 aliphatic rings. The van der Waals surface area contributed by atoms with E-state index >= 15 is 0 Å². The Balaban J connectivity index is 1.69. The Hall–Kier alpha value is -4.13. The third-order valence-electron chi connectivity index (χ3n) is 5.29. The second-order valence-electron chi connectivity index (χ2n) is 7.23. The molecule has 7 heteroatoms. The van der Waals surface area contributed by atoms with Crippen LogP contribution in [-0.4, -0.2) is 32.1 Å². The molecule has 0 saturated carbocycles. The lowest BCUT2D eigenvalue weighted by atomic mass is 10.0. The molecule has 0 fully saturated rings. The number of benzene rings is 3. The van der Waals surface area contributed by atoms with Gasteiger partial charge in [0.1, 0.15) is 17.4 Å². The quantitative estimate of drug-likeness (QED) is 0.371. The van der Waals surface area contributed by atoms with Crippen molar-refractivity contribution in [2.24, 2.45) is 0 Å². The molecule has 1 heterocycles. The lowest BCUT2D eigenvalue weighted by Crippen LogP contribution is -2.43. The first-order chi connectivity index (χ1) is 15.5. The lowest BCUT2D eigenvalue weighted by Gasteiger charge is -2.18. The number of esters is 1. The minimum Gasteiger partial charge on any atom is -0.497 e. The first-order valence-electron chi connectivity index (χ1n) is 9.97. The van der Waals surface area contributed by atoms with Crippen LogP contribution in [0, 0.1) is 0 Å². The number of rotatable bonds is 6. The molecule has 1 aromatic heterocycles. The van der Waals surface area contributed by atoms with E-state index in [-0.39, 0.29) is 6.42 Å². The van der Waals surface area contributed by atoms with Gasteiger partial charge in [0.25, 0.3) is 5.91 Å². The molecule has 0 unspecified atom stereocenters. The number of hydrogen-bond donors (Lipinski definition) is 1. The minimum atomic E-state index is -1.00. The Kier molecular flexibility index (Phi) is 5.89. The molecule has 0 aliphatic heterocycles. The fourth-order valence-electron chi connectivity index (χ4n) is 3.72. The summed E-state index contributed by atoms with van der Waals surface area (Å²) in [6.07, 6.45) is 0.0532. The summed E-state index contributed by atoms with van der Waals surface area (Å²) in [7, 11) is 2.76. The molecule has 3 aromatic carbocycles. The van der Waals surface area contributed by atoms with Crippen LogP contribution in [0.4, 0.5) is 0 Å². The summed E-state index contributed by atoms with van der Waals surface area (Å²) >= 11 is 0. The van der Waals surface area contributed by atoms with Crippen molar-refractivity contribution in [2.75, 3.05) is 14.2 Å². The van der Waals surface area contributed by atoms with Gasteiger partial charge in [0.2, 0.25) is 0 Å². The van der Waals surface area contributed by atoms with Gasteiger partial charge in [-0.1, -0.05) is 36.4 Å². The molecule has 0 saturated heterocycles. The summed E-state index contributed by atoms with van der Waals surface area (Å²) < 4.78 is 15.4. The van der Waals surface area contributed by atoms with Crippen LogP contribution in [0.5, 0.6) is 5.75 Å². The molecule has 162 valence electrons. The fraction of sp³-hybridized carbons (Fsp3) is 0.160. The van der Waals surface area contributed by atoms with Gasteiger partial charge < -0.3 is 19.2 Å². The predicted octanol–water partition coefficient (Wildman–Crippen LogP) is 3.47. The van der Waals surface area contributed by atoms with Crippen molar-refractivity contribution in [1.29, 1.82) is 0 Å². The van der Waals surface area contributed by atoms with Gasteiger partial charge in [-0.2, -0.15) is 0 Å². The Morgan fingerprint density at radius 1 is 0.969 bits per heavy atom. The number of fused-ring (bicyclic) bond motifs is 2. The topological polar surface area (TPSA) is 94.8 Å². The summed E-state index contributed by atoms with van der Waals surface area (Å²) in [6, 6.07) is 18.3. The second-order valence-corrected chi connectivity index (χ2v) is 7.23. The van der Waals surface area contributed by atoms with E-state index in [1.165, 1.54) is 20.3 Å². The summed E-state index contributed by atoms with van der Waals surface area (Å²) in [5, 5.41) is 5.08. The highest BCUT2D eigenvalue weighted by atomic mass is 16.5. The molecule has 1 N–H and O–H groups in total. The third-order valence-corrected chi connectivity index (χ3v) is 5.29. The maximum atomic E-state index is 13.1. The highest BCUT2D eigenvalue weighted by Crippen LogP contribution is 2.24. The van der Waals surface area contributed by atoms with Crippen molar-refractivity contribution in [2.45, 2.75) is 12.5 Å². The monoisotopic (exact) mass is 431 g/mol. The van der Waals surface area contributed by atoms with Crippen molar-refractivity contribution in [1.82, 2.24) is 5.32 Å². The van der Waals surface area contributed by atoms with Crippen molar-refractivity contribution >= 4 is 33.6 Å². The van der Waals surface area contributed by atoms with Gasteiger partial charge in [0, 0.05) is 29.5 Å². The maximum Gasteiger partial charge on any atom is 0.336 e. The van der Waals surface area contributed by atoms with Crippen LogP contribution in [0.25, 0.3) is 21.7 Å². The Morgan fingerprint density at radius 2 is 1.75 bits per heavy atom. The molecule has 0 bridgehead atoms. The minimum absolute atomic E-state index is 0.0532. The molecule has 4 rings (SSSR count). The zero-order valence-electron chi connectivity index (χ0n) is 17.6. The number of hydrogen-bond acceptors (Lipinski definition) is 6. The van der Waals surface area contributed by atoms with E-state index in [1.807, 2.05) is 30.3 Å². The zero-order valence-corrected chi connectivity index (χ0v) is 17.6. The third kappa shape index (κ3) is 4.18. The Morgan fingerprint density at radius 3 is 2.53 bits per heavy atom. The van der Waals surface area contributed by atoms with Crippen molar-refractivity contribution < 1.29 is 23.5 Å². The zero-order chi connectivity index (χ0) is 22.7. The summed E-state index contributed by atoms with van der Waals surface area (Å²) in [5.41, 5.74) is 0.757. The molecule has 0 aliphatic carbocycles. The van der Waals surface area contributed by atoms with E-state index in [1.54, 1.807) is 30.3 Å². The Labute approximate surface area is 183 Å². The fourth-order valence-corrected chi connectivity index (χ4v) is 3.72. The van der Waals surface area contributed by atoms with Gasteiger partial charge in [-0.25, -0.2) is 9.59 Å².